The fourth-order valence-electron chi connectivity index (χ4n) is 1.94. The Morgan fingerprint density at radius 1 is 1.48 bits per heavy atom. The number of oxime groups is 1. The lowest BCUT2D eigenvalue weighted by Crippen LogP contribution is -2.39. The van der Waals surface area contributed by atoms with Crippen molar-refractivity contribution < 1.29 is 10.0 Å². The Bertz CT molecular complexity index is 500. The van der Waals surface area contributed by atoms with Crippen LogP contribution in [0.5, 0.6) is 0 Å². The second-order valence-corrected chi connectivity index (χ2v) is 5.48. The summed E-state index contributed by atoms with van der Waals surface area (Å²) < 4.78 is 0. The van der Waals surface area contributed by atoms with Gasteiger partial charge in [0.15, 0.2) is 0 Å². The molecular formula is C15H24N4O2. The molecule has 6 heteroatoms. The Labute approximate surface area is 125 Å². The molecule has 0 aliphatic carbocycles. The molecule has 0 unspecified atom stereocenters. The smallest absolute Gasteiger partial charge is 0.321 e. The van der Waals surface area contributed by atoms with E-state index in [0.717, 1.165) is 11.3 Å². The molecule has 0 saturated heterocycles. The predicted octanol–water partition coefficient (Wildman–Crippen LogP) is 2.62. The van der Waals surface area contributed by atoms with E-state index >= 15 is 0 Å². The first-order chi connectivity index (χ1) is 9.92. The Morgan fingerprint density at radius 2 is 2.19 bits per heavy atom. The normalized spacial score (nSPS) is 11.5. The summed E-state index contributed by atoms with van der Waals surface area (Å²) >= 11 is 0. The van der Waals surface area contributed by atoms with Gasteiger partial charge in [0.05, 0.1) is 0 Å². The summed E-state index contributed by atoms with van der Waals surface area (Å²) in [6.07, 6.45) is 0.338. The first-order valence-electron chi connectivity index (χ1n) is 7.01. The van der Waals surface area contributed by atoms with E-state index in [1.54, 1.807) is 4.90 Å². The van der Waals surface area contributed by atoms with Crippen LogP contribution >= 0.6 is 0 Å². The number of anilines is 1. The molecule has 21 heavy (non-hydrogen) atoms. The Morgan fingerprint density at radius 3 is 2.76 bits per heavy atom. The summed E-state index contributed by atoms with van der Waals surface area (Å²) in [6.45, 7) is 7.06. The van der Waals surface area contributed by atoms with Crippen LogP contribution in [0.1, 0.15) is 25.8 Å². The van der Waals surface area contributed by atoms with Crippen molar-refractivity contribution in [2.24, 2.45) is 16.8 Å². The second kappa shape index (κ2) is 8.14. The fourth-order valence-corrected chi connectivity index (χ4v) is 1.94. The molecule has 0 spiro atoms. The number of hydrogen-bond donors (Lipinski definition) is 3. The molecule has 0 aliphatic rings. The molecule has 0 heterocycles. The third kappa shape index (κ3) is 6.16. The van der Waals surface area contributed by atoms with E-state index in [2.05, 4.69) is 10.5 Å². The highest BCUT2D eigenvalue weighted by Gasteiger charge is 2.15. The monoisotopic (exact) mass is 292 g/mol. The van der Waals surface area contributed by atoms with Crippen LogP contribution in [0.4, 0.5) is 10.5 Å². The number of carbonyl (C=O) groups excluding carboxylic acids is 1. The molecule has 116 valence electrons. The summed E-state index contributed by atoms with van der Waals surface area (Å²) in [5, 5.41) is 14.4. The fraction of sp³-hybridized carbons (Fsp3) is 0.467. The predicted molar refractivity (Wildman–Crippen MR) is 84.6 cm³/mol. The van der Waals surface area contributed by atoms with Gasteiger partial charge < -0.3 is 21.2 Å². The van der Waals surface area contributed by atoms with E-state index in [1.807, 2.05) is 45.0 Å². The van der Waals surface area contributed by atoms with Crippen molar-refractivity contribution in [3.8, 4) is 0 Å². The summed E-state index contributed by atoms with van der Waals surface area (Å²) in [7, 11) is 0. The van der Waals surface area contributed by atoms with Crippen LogP contribution in [-0.4, -0.2) is 35.1 Å². The summed E-state index contributed by atoms with van der Waals surface area (Å²) in [6, 6.07) is 7.45. The Balaban J connectivity index is 2.70. The third-order valence-electron chi connectivity index (χ3n) is 2.91. The summed E-state index contributed by atoms with van der Waals surface area (Å²) in [5.41, 5.74) is 7.31. The number of hydrogen-bond acceptors (Lipinski definition) is 3. The zero-order valence-corrected chi connectivity index (χ0v) is 12.8. The zero-order chi connectivity index (χ0) is 15.8. The molecule has 0 bridgehead atoms. The summed E-state index contributed by atoms with van der Waals surface area (Å²) in [4.78, 5) is 14.0. The van der Waals surface area contributed by atoms with Crippen LogP contribution in [-0.2, 0) is 0 Å². The number of nitrogens with one attached hydrogen (secondary N) is 1. The van der Waals surface area contributed by atoms with Crippen molar-refractivity contribution in [3.05, 3.63) is 29.8 Å². The highest BCUT2D eigenvalue weighted by Crippen LogP contribution is 2.11. The number of amides is 2. The van der Waals surface area contributed by atoms with Gasteiger partial charge in [-0.05, 0) is 30.5 Å². The molecule has 1 aromatic carbocycles. The highest BCUT2D eigenvalue weighted by atomic mass is 16.4. The summed E-state index contributed by atoms with van der Waals surface area (Å²) in [5.74, 6) is 0.452. The van der Waals surface area contributed by atoms with Gasteiger partial charge >= 0.3 is 6.03 Å². The van der Waals surface area contributed by atoms with Gasteiger partial charge in [-0.2, -0.15) is 0 Å². The molecule has 2 amide bonds. The molecule has 1 rings (SSSR count). The lowest BCUT2D eigenvalue weighted by Gasteiger charge is -2.24. The van der Waals surface area contributed by atoms with Crippen molar-refractivity contribution >= 4 is 17.6 Å². The minimum Gasteiger partial charge on any atom is -0.409 e. The number of benzene rings is 1. The first kappa shape index (κ1) is 16.8. The maximum absolute atomic E-state index is 12.3. The maximum atomic E-state index is 12.3. The van der Waals surface area contributed by atoms with Gasteiger partial charge in [-0.3, -0.25) is 0 Å². The Hall–Kier alpha value is -2.24. The molecular weight excluding hydrogens is 268 g/mol. The number of rotatable bonds is 6. The lowest BCUT2D eigenvalue weighted by atomic mass is 10.2. The largest absolute Gasteiger partial charge is 0.409 e. The average molecular weight is 292 g/mol. The second-order valence-electron chi connectivity index (χ2n) is 5.48. The van der Waals surface area contributed by atoms with Gasteiger partial charge in [0.1, 0.15) is 5.84 Å². The van der Waals surface area contributed by atoms with Crippen LogP contribution in [0.2, 0.25) is 0 Å². The highest BCUT2D eigenvalue weighted by molar-refractivity contribution is 5.90. The molecule has 6 nitrogen and oxygen atoms in total. The van der Waals surface area contributed by atoms with Crippen LogP contribution in [0.15, 0.2) is 29.4 Å². The van der Waals surface area contributed by atoms with Gasteiger partial charge in [0, 0.05) is 25.2 Å². The SMILES string of the molecule is Cc1cccc(NC(=O)N(CCC(N)=NO)CC(C)C)c1. The third-order valence-corrected chi connectivity index (χ3v) is 2.91. The molecule has 0 aromatic heterocycles. The van der Waals surface area contributed by atoms with Gasteiger partial charge in [-0.1, -0.05) is 31.1 Å². The van der Waals surface area contributed by atoms with E-state index in [1.165, 1.54) is 0 Å². The van der Waals surface area contributed by atoms with Crippen molar-refractivity contribution in [1.82, 2.24) is 4.90 Å². The van der Waals surface area contributed by atoms with Crippen LogP contribution in [0, 0.1) is 12.8 Å². The van der Waals surface area contributed by atoms with Crippen LogP contribution in [0.25, 0.3) is 0 Å². The molecule has 0 atom stereocenters. The van der Waals surface area contributed by atoms with Gasteiger partial charge in [0.25, 0.3) is 0 Å². The maximum Gasteiger partial charge on any atom is 0.321 e. The van der Waals surface area contributed by atoms with E-state index < -0.39 is 0 Å². The number of nitrogens with two attached hydrogens (primary N) is 1. The number of aryl methyl sites for hydroxylation is 1. The molecule has 0 radical (unpaired) electrons. The van der Waals surface area contributed by atoms with Crippen molar-refractivity contribution in [2.75, 3.05) is 18.4 Å². The topological polar surface area (TPSA) is 91.0 Å². The number of carbonyl (C=O) groups is 1. The quantitative estimate of drug-likeness (QED) is 0.326. The molecule has 0 aliphatic heterocycles. The molecule has 0 saturated carbocycles. The molecule has 1 aromatic rings. The number of amidine groups is 1. The minimum absolute atomic E-state index is 0.118. The van der Waals surface area contributed by atoms with Crippen molar-refractivity contribution in [1.29, 1.82) is 0 Å². The van der Waals surface area contributed by atoms with E-state index in [9.17, 15) is 4.79 Å². The number of nitrogens with zero attached hydrogens (tertiary/aromatic N) is 2. The Kier molecular flexibility index (Phi) is 6.52. The molecule has 0 fully saturated rings. The van der Waals surface area contributed by atoms with Gasteiger partial charge in [-0.15, -0.1) is 0 Å². The first-order valence-corrected chi connectivity index (χ1v) is 7.01. The molecule has 4 N–H and O–H groups in total. The zero-order valence-electron chi connectivity index (χ0n) is 12.8. The lowest BCUT2D eigenvalue weighted by molar-refractivity contribution is 0.206. The van der Waals surface area contributed by atoms with Gasteiger partial charge in [0.2, 0.25) is 0 Å². The van der Waals surface area contributed by atoms with Crippen LogP contribution < -0.4 is 11.1 Å². The van der Waals surface area contributed by atoms with Crippen molar-refractivity contribution in [2.45, 2.75) is 27.2 Å². The van der Waals surface area contributed by atoms with E-state index in [0.29, 0.717) is 25.4 Å². The van der Waals surface area contributed by atoms with Crippen molar-refractivity contribution in [3.63, 3.8) is 0 Å². The van der Waals surface area contributed by atoms with Gasteiger partial charge in [-0.25, -0.2) is 4.79 Å². The minimum atomic E-state index is -0.181. The standard InChI is InChI=1S/C15H24N4O2/c1-11(2)10-19(8-7-14(16)18-21)15(20)17-13-6-4-5-12(3)9-13/h4-6,9,11,21H,7-8,10H2,1-3H3,(H2,16,18)(H,17,20). The number of urea groups is 1. The van der Waals surface area contributed by atoms with Crippen LogP contribution in [0.3, 0.4) is 0 Å². The average Bonchev–Trinajstić information content (AvgIpc) is 2.42. The van der Waals surface area contributed by atoms with E-state index in [-0.39, 0.29) is 11.9 Å². The van der Waals surface area contributed by atoms with E-state index in [4.69, 9.17) is 10.9 Å².